The fourth-order valence-electron chi connectivity index (χ4n) is 2.67. The van der Waals surface area contributed by atoms with Crippen molar-refractivity contribution in [2.45, 2.75) is 24.8 Å². The minimum absolute atomic E-state index is 0.0313. The monoisotopic (exact) mass is 268 g/mol. The molecular weight excluding hydrogens is 252 g/mol. The normalized spacial score (nSPS) is 30.9. The lowest BCUT2D eigenvalue weighted by atomic mass is 10.0. The van der Waals surface area contributed by atoms with E-state index in [4.69, 9.17) is 21.4 Å². The molecule has 1 aromatic heterocycles. The lowest BCUT2D eigenvalue weighted by Crippen LogP contribution is -2.21. The van der Waals surface area contributed by atoms with E-state index < -0.39 is 0 Å². The highest BCUT2D eigenvalue weighted by atomic mass is 35.5. The molecule has 2 N–H and O–H groups in total. The van der Waals surface area contributed by atoms with Crippen molar-refractivity contribution in [2.24, 2.45) is 5.92 Å². The Labute approximate surface area is 111 Å². The predicted octanol–water partition coefficient (Wildman–Crippen LogP) is 1.82. The fraction of sp³-hybridized carbons (Fsp3) is 0.615. The lowest BCUT2D eigenvalue weighted by molar-refractivity contribution is 0.159. The molecule has 3 rings (SSSR count). The van der Waals surface area contributed by atoms with Gasteiger partial charge in [-0.25, -0.2) is 4.98 Å². The van der Waals surface area contributed by atoms with Crippen LogP contribution in [-0.2, 0) is 10.2 Å². The van der Waals surface area contributed by atoms with Crippen molar-refractivity contribution < 1.29 is 9.84 Å². The molecule has 3 atom stereocenters. The van der Waals surface area contributed by atoms with Crippen molar-refractivity contribution in [1.29, 1.82) is 0 Å². The van der Waals surface area contributed by atoms with Gasteiger partial charge < -0.3 is 15.2 Å². The van der Waals surface area contributed by atoms with Gasteiger partial charge >= 0.3 is 0 Å². The minimum Gasteiger partial charge on any atom is -0.394 e. The molecule has 2 fully saturated rings. The van der Waals surface area contributed by atoms with Crippen LogP contribution < -0.4 is 5.32 Å². The van der Waals surface area contributed by atoms with Crippen molar-refractivity contribution in [3.8, 4) is 0 Å². The molecule has 2 unspecified atom stereocenters. The average Bonchev–Trinajstić information content (AvgIpc) is 2.91. The van der Waals surface area contributed by atoms with E-state index in [0.29, 0.717) is 10.9 Å². The Hall–Kier alpha value is -0.840. The van der Waals surface area contributed by atoms with Gasteiger partial charge in [0.05, 0.1) is 25.5 Å². The van der Waals surface area contributed by atoms with Gasteiger partial charge in [0, 0.05) is 16.5 Å². The van der Waals surface area contributed by atoms with Crippen LogP contribution in [0, 0.1) is 5.92 Å². The molecule has 2 aliphatic rings. The van der Waals surface area contributed by atoms with Crippen LogP contribution in [0.5, 0.6) is 0 Å². The largest absolute Gasteiger partial charge is 0.394 e. The second-order valence-corrected chi connectivity index (χ2v) is 5.79. The molecule has 1 aliphatic carbocycles. The Morgan fingerprint density at radius 1 is 1.67 bits per heavy atom. The van der Waals surface area contributed by atoms with E-state index in [2.05, 4.69) is 10.3 Å². The van der Waals surface area contributed by atoms with Gasteiger partial charge in [-0.1, -0.05) is 11.6 Å². The van der Waals surface area contributed by atoms with E-state index in [-0.39, 0.29) is 18.1 Å². The highest BCUT2D eigenvalue weighted by molar-refractivity contribution is 6.30. The molecule has 0 amide bonds. The second kappa shape index (κ2) is 4.37. The fourth-order valence-corrected chi connectivity index (χ4v) is 2.88. The van der Waals surface area contributed by atoms with Crippen molar-refractivity contribution in [2.75, 3.05) is 25.1 Å². The highest BCUT2D eigenvalue weighted by Crippen LogP contribution is 2.58. The van der Waals surface area contributed by atoms with Gasteiger partial charge in [-0.05, 0) is 31.4 Å². The number of pyridine rings is 1. The summed E-state index contributed by atoms with van der Waals surface area (Å²) in [5.41, 5.74) is 1.12. The molecule has 0 aromatic carbocycles. The summed E-state index contributed by atoms with van der Waals surface area (Å²) in [6.07, 6.45) is 1.15. The van der Waals surface area contributed by atoms with Crippen LogP contribution in [0.1, 0.15) is 19.0 Å². The summed E-state index contributed by atoms with van der Waals surface area (Å²) in [7, 11) is 0. The maximum Gasteiger partial charge on any atom is 0.128 e. The summed E-state index contributed by atoms with van der Waals surface area (Å²) in [6.45, 7) is 3.56. The zero-order chi connectivity index (χ0) is 12.8. The quantitative estimate of drug-likeness (QED) is 0.875. The van der Waals surface area contributed by atoms with Crippen LogP contribution in [0.2, 0.25) is 5.02 Å². The molecule has 1 saturated heterocycles. The Bertz CT molecular complexity index is 468. The second-order valence-electron chi connectivity index (χ2n) is 5.36. The van der Waals surface area contributed by atoms with Crippen LogP contribution in [0.15, 0.2) is 12.1 Å². The van der Waals surface area contributed by atoms with Crippen molar-refractivity contribution >= 4 is 17.4 Å². The first-order valence-electron chi connectivity index (χ1n) is 6.27. The van der Waals surface area contributed by atoms with Gasteiger partial charge in [-0.3, -0.25) is 0 Å². The zero-order valence-electron chi connectivity index (χ0n) is 10.3. The molecule has 1 aliphatic heterocycles. The summed E-state index contributed by atoms with van der Waals surface area (Å²) >= 11 is 6.15. The van der Waals surface area contributed by atoms with Crippen LogP contribution in [-0.4, -0.2) is 36.0 Å². The molecule has 18 heavy (non-hydrogen) atoms. The number of nitrogens with one attached hydrogen (secondary N) is 1. The number of ether oxygens (including phenoxy) is 1. The van der Waals surface area contributed by atoms with Gasteiger partial charge in [0.15, 0.2) is 0 Å². The molecule has 4 nitrogen and oxygen atoms in total. The highest BCUT2D eigenvalue weighted by Gasteiger charge is 2.60. The summed E-state index contributed by atoms with van der Waals surface area (Å²) < 4.78 is 5.50. The van der Waals surface area contributed by atoms with Crippen LogP contribution in [0.4, 0.5) is 5.82 Å². The summed E-state index contributed by atoms with van der Waals surface area (Å²) in [6, 6.07) is 3.70. The zero-order valence-corrected chi connectivity index (χ0v) is 11.1. The van der Waals surface area contributed by atoms with E-state index >= 15 is 0 Å². The van der Waals surface area contributed by atoms with Gasteiger partial charge in [-0.2, -0.15) is 0 Å². The van der Waals surface area contributed by atoms with Crippen LogP contribution in [0.3, 0.4) is 0 Å². The van der Waals surface area contributed by atoms with Gasteiger partial charge in [-0.15, -0.1) is 0 Å². The molecule has 1 aromatic rings. The van der Waals surface area contributed by atoms with Crippen molar-refractivity contribution in [1.82, 2.24) is 4.98 Å². The molecule has 5 heteroatoms. The van der Waals surface area contributed by atoms with E-state index in [9.17, 15) is 0 Å². The van der Waals surface area contributed by atoms with E-state index in [0.717, 1.165) is 31.1 Å². The molecule has 0 bridgehead atoms. The van der Waals surface area contributed by atoms with E-state index in [1.807, 2.05) is 13.0 Å². The molecule has 1 saturated carbocycles. The third-order valence-corrected chi connectivity index (χ3v) is 4.10. The number of rotatable bonds is 4. The third kappa shape index (κ3) is 1.98. The number of hydrogen-bond donors (Lipinski definition) is 2. The maximum absolute atomic E-state index is 9.06. The van der Waals surface area contributed by atoms with E-state index in [1.165, 1.54) is 0 Å². The number of fused-ring (bicyclic) bond motifs is 1. The standard InChI is InChI=1S/C13H17ClN2O2/c1-8(5-17)15-12-3-10(14)2-11(16-12)13-4-9(13)6-18-7-13/h2-3,8-9,17H,4-7H2,1H3,(H,15,16)/t8-,9?,13?/m1/s1. The topological polar surface area (TPSA) is 54.4 Å². The first kappa shape index (κ1) is 12.2. The first-order chi connectivity index (χ1) is 8.64. The number of hydrogen-bond acceptors (Lipinski definition) is 4. The number of aromatic nitrogens is 1. The van der Waals surface area contributed by atoms with Crippen molar-refractivity contribution in [3.05, 3.63) is 22.8 Å². The Balaban J connectivity index is 1.87. The Morgan fingerprint density at radius 2 is 2.50 bits per heavy atom. The molecule has 2 heterocycles. The number of aliphatic hydroxyl groups excluding tert-OH is 1. The third-order valence-electron chi connectivity index (χ3n) is 3.88. The van der Waals surface area contributed by atoms with Crippen LogP contribution >= 0.6 is 11.6 Å². The molecule has 0 spiro atoms. The molecular formula is C13H17ClN2O2. The van der Waals surface area contributed by atoms with Gasteiger partial charge in [0.2, 0.25) is 0 Å². The Kier molecular flexibility index (Phi) is 2.96. The minimum atomic E-state index is -0.0313. The van der Waals surface area contributed by atoms with Crippen molar-refractivity contribution in [3.63, 3.8) is 0 Å². The lowest BCUT2D eigenvalue weighted by Gasteiger charge is -2.16. The number of anilines is 1. The summed E-state index contributed by atoms with van der Waals surface area (Å²) in [5.74, 6) is 1.33. The summed E-state index contributed by atoms with van der Waals surface area (Å²) in [5, 5.41) is 12.9. The number of aliphatic hydroxyl groups is 1. The SMILES string of the molecule is C[C@H](CO)Nc1cc(Cl)cc(C23COCC2C3)n1. The van der Waals surface area contributed by atoms with Crippen LogP contribution in [0.25, 0.3) is 0 Å². The maximum atomic E-state index is 9.06. The number of nitrogens with zero attached hydrogens (tertiary/aromatic N) is 1. The van der Waals surface area contributed by atoms with Gasteiger partial charge in [0.25, 0.3) is 0 Å². The predicted molar refractivity (Wildman–Crippen MR) is 70.0 cm³/mol. The molecule has 98 valence electrons. The Morgan fingerprint density at radius 3 is 3.11 bits per heavy atom. The smallest absolute Gasteiger partial charge is 0.128 e. The number of halogens is 1. The van der Waals surface area contributed by atoms with E-state index in [1.54, 1.807) is 6.07 Å². The summed E-state index contributed by atoms with van der Waals surface area (Å²) in [4.78, 5) is 4.63. The first-order valence-corrected chi connectivity index (χ1v) is 6.65. The van der Waals surface area contributed by atoms with Gasteiger partial charge in [0.1, 0.15) is 5.82 Å². The molecule has 0 radical (unpaired) electrons. The average molecular weight is 269 g/mol.